The molecule has 0 radical (unpaired) electrons. The van der Waals surface area contributed by atoms with Crippen LogP contribution in [-0.2, 0) is 0 Å². The predicted molar refractivity (Wildman–Crippen MR) is 134 cm³/mol. The van der Waals surface area contributed by atoms with Crippen LogP contribution in [0.4, 0.5) is 0 Å². The van der Waals surface area contributed by atoms with Gasteiger partial charge in [-0.25, -0.2) is 0 Å². The molecule has 0 aliphatic heterocycles. The molecule has 0 amide bonds. The molecule has 0 aromatic heterocycles. The summed E-state index contributed by atoms with van der Waals surface area (Å²) in [6, 6.07) is 22.7. The molecule has 0 heteroatoms. The van der Waals surface area contributed by atoms with Gasteiger partial charge >= 0.3 is 0 Å². The van der Waals surface area contributed by atoms with Crippen LogP contribution in [0.2, 0.25) is 0 Å². The second-order valence-electron chi connectivity index (χ2n) is 9.21. The minimum atomic E-state index is 0.690. The van der Waals surface area contributed by atoms with Crippen molar-refractivity contribution in [2.24, 2.45) is 0 Å². The Hall–Kier alpha value is -2.86. The van der Waals surface area contributed by atoms with Crippen molar-refractivity contribution in [3.63, 3.8) is 0 Å². The van der Waals surface area contributed by atoms with E-state index < -0.39 is 0 Å². The zero-order chi connectivity index (χ0) is 21.4. The average molecular weight is 405 g/mol. The van der Waals surface area contributed by atoms with E-state index in [0.717, 1.165) is 6.42 Å². The van der Waals surface area contributed by atoms with E-state index in [-0.39, 0.29) is 0 Å². The highest BCUT2D eigenvalue weighted by Crippen LogP contribution is 2.50. The highest BCUT2D eigenvalue weighted by atomic mass is 14.3. The summed E-state index contributed by atoms with van der Waals surface area (Å²) in [4.78, 5) is 0. The fourth-order valence-electron chi connectivity index (χ4n) is 5.31. The largest absolute Gasteiger partial charge is 0.0798 e. The summed E-state index contributed by atoms with van der Waals surface area (Å²) in [6.07, 6.45) is 10.8. The predicted octanol–water partition coefficient (Wildman–Crippen LogP) is 9.03. The maximum Gasteiger partial charge on any atom is -0.0126 e. The van der Waals surface area contributed by atoms with Crippen LogP contribution in [0.3, 0.4) is 0 Å². The summed E-state index contributed by atoms with van der Waals surface area (Å²) in [5, 5.41) is 0. The summed E-state index contributed by atoms with van der Waals surface area (Å²) in [5.74, 6) is 0.690. The molecular weight excluding hydrogens is 372 g/mol. The van der Waals surface area contributed by atoms with Gasteiger partial charge in [0.2, 0.25) is 0 Å². The average Bonchev–Trinajstić information content (AvgIpc) is 3.53. The van der Waals surface area contributed by atoms with Crippen molar-refractivity contribution in [3.8, 4) is 22.3 Å². The summed E-state index contributed by atoms with van der Waals surface area (Å²) >= 11 is 0. The van der Waals surface area contributed by atoms with Crippen molar-refractivity contribution >= 4 is 5.57 Å². The van der Waals surface area contributed by atoms with Crippen molar-refractivity contribution in [1.29, 1.82) is 0 Å². The van der Waals surface area contributed by atoms with Gasteiger partial charge in [-0.2, -0.15) is 0 Å². The van der Waals surface area contributed by atoms with Gasteiger partial charge < -0.3 is 0 Å². The van der Waals surface area contributed by atoms with Gasteiger partial charge in [-0.3, -0.25) is 0 Å². The Morgan fingerprint density at radius 2 is 1.39 bits per heavy atom. The third kappa shape index (κ3) is 3.69. The highest BCUT2D eigenvalue weighted by molar-refractivity contribution is 5.87. The van der Waals surface area contributed by atoms with E-state index in [1.165, 1.54) is 70.2 Å². The van der Waals surface area contributed by atoms with Gasteiger partial charge in [-0.15, -0.1) is 0 Å². The molecule has 0 heterocycles. The van der Waals surface area contributed by atoms with Gasteiger partial charge in [0.05, 0.1) is 0 Å². The fraction of sp³-hybridized carbons (Fsp3) is 0.290. The van der Waals surface area contributed by atoms with Crippen molar-refractivity contribution in [2.75, 3.05) is 0 Å². The molecule has 0 N–H and O–H groups in total. The molecule has 0 atom stereocenters. The number of allylic oxidation sites excluding steroid dienone is 4. The Morgan fingerprint density at radius 1 is 0.742 bits per heavy atom. The van der Waals surface area contributed by atoms with Crippen LogP contribution in [0.1, 0.15) is 67.2 Å². The lowest BCUT2D eigenvalue weighted by molar-refractivity contribution is 0.889. The van der Waals surface area contributed by atoms with Crippen LogP contribution in [0.15, 0.2) is 78.4 Å². The minimum Gasteiger partial charge on any atom is -0.0798 e. The molecular formula is C31H32. The molecule has 2 aliphatic rings. The first-order chi connectivity index (χ1) is 15.2. The van der Waals surface area contributed by atoms with Crippen LogP contribution in [-0.4, -0.2) is 0 Å². The van der Waals surface area contributed by atoms with Crippen molar-refractivity contribution < 1.29 is 0 Å². The summed E-state index contributed by atoms with van der Waals surface area (Å²) in [6.45, 7) is 6.84. The zero-order valence-corrected chi connectivity index (χ0v) is 19.0. The standard InChI is InChI=1S/C31H32/c1-4-10-23-12-7-16-28(23)26-14-8-15-27(22(26)3)30-18-9-17-29(31(30)24-19-20-24)25-13-6-5-11-21(25)2/h5-9,11,13-18,24H,4,10,12,19-20H2,1-3H3. The first kappa shape index (κ1) is 20.1. The van der Waals surface area contributed by atoms with Crippen LogP contribution in [0, 0.1) is 13.8 Å². The quantitative estimate of drug-likeness (QED) is 0.384. The Kier molecular flexibility index (Phi) is 5.40. The lowest BCUT2D eigenvalue weighted by Gasteiger charge is -2.20. The van der Waals surface area contributed by atoms with Gasteiger partial charge in [0.15, 0.2) is 0 Å². The molecule has 0 nitrogen and oxygen atoms in total. The highest BCUT2D eigenvalue weighted by Gasteiger charge is 2.30. The molecule has 0 spiro atoms. The molecule has 31 heavy (non-hydrogen) atoms. The third-order valence-corrected chi connectivity index (χ3v) is 7.02. The summed E-state index contributed by atoms with van der Waals surface area (Å²) < 4.78 is 0. The van der Waals surface area contributed by atoms with Crippen molar-refractivity contribution in [3.05, 3.63) is 101 Å². The third-order valence-electron chi connectivity index (χ3n) is 7.02. The van der Waals surface area contributed by atoms with Gasteiger partial charge in [-0.1, -0.05) is 91.7 Å². The maximum atomic E-state index is 2.35. The molecule has 0 unspecified atom stereocenters. The second-order valence-corrected chi connectivity index (χ2v) is 9.21. The van der Waals surface area contributed by atoms with Gasteiger partial charge in [0, 0.05) is 0 Å². The SMILES string of the molecule is CCCC1=C(c2cccc(-c3cccc(-c4ccccc4C)c3C3CC3)c2C)C=CC1. The number of hydrogen-bond acceptors (Lipinski definition) is 0. The van der Waals surface area contributed by atoms with Crippen LogP contribution in [0.25, 0.3) is 27.8 Å². The number of benzene rings is 3. The van der Waals surface area contributed by atoms with Crippen molar-refractivity contribution in [2.45, 2.75) is 58.8 Å². The van der Waals surface area contributed by atoms with E-state index in [1.54, 1.807) is 11.1 Å². The molecule has 5 rings (SSSR count). The van der Waals surface area contributed by atoms with E-state index in [9.17, 15) is 0 Å². The minimum absolute atomic E-state index is 0.690. The van der Waals surface area contributed by atoms with Crippen molar-refractivity contribution in [1.82, 2.24) is 0 Å². The fourth-order valence-corrected chi connectivity index (χ4v) is 5.31. The Morgan fingerprint density at radius 3 is 2.10 bits per heavy atom. The lowest BCUT2D eigenvalue weighted by Crippen LogP contribution is -1.98. The molecule has 1 fully saturated rings. The van der Waals surface area contributed by atoms with Gasteiger partial charge in [0.25, 0.3) is 0 Å². The maximum absolute atomic E-state index is 2.35. The number of hydrogen-bond donors (Lipinski definition) is 0. The van der Waals surface area contributed by atoms with E-state index in [1.807, 2.05) is 0 Å². The summed E-state index contributed by atoms with van der Waals surface area (Å²) in [5.41, 5.74) is 14.4. The first-order valence-electron chi connectivity index (χ1n) is 11.9. The Bertz CT molecular complexity index is 1180. The molecule has 3 aromatic carbocycles. The van der Waals surface area contributed by atoms with E-state index >= 15 is 0 Å². The normalized spacial score (nSPS) is 15.7. The van der Waals surface area contributed by atoms with Crippen LogP contribution < -0.4 is 0 Å². The topological polar surface area (TPSA) is 0 Å². The smallest absolute Gasteiger partial charge is 0.0126 e. The van der Waals surface area contributed by atoms with Crippen LogP contribution in [0.5, 0.6) is 0 Å². The molecule has 2 aliphatic carbocycles. The Balaban J connectivity index is 1.69. The van der Waals surface area contributed by atoms with E-state index in [0.29, 0.717) is 5.92 Å². The van der Waals surface area contributed by atoms with E-state index in [4.69, 9.17) is 0 Å². The zero-order valence-electron chi connectivity index (χ0n) is 19.0. The first-order valence-corrected chi connectivity index (χ1v) is 11.9. The number of rotatable bonds is 6. The molecule has 0 bridgehead atoms. The summed E-state index contributed by atoms with van der Waals surface area (Å²) in [7, 11) is 0. The molecule has 0 saturated heterocycles. The monoisotopic (exact) mass is 404 g/mol. The van der Waals surface area contributed by atoms with E-state index in [2.05, 4.69) is 93.6 Å². The molecule has 3 aromatic rings. The Labute approximate surface area is 187 Å². The molecule has 1 saturated carbocycles. The lowest BCUT2D eigenvalue weighted by atomic mass is 9.84. The number of aryl methyl sites for hydroxylation is 1. The van der Waals surface area contributed by atoms with Crippen LogP contribution >= 0.6 is 0 Å². The molecule has 156 valence electrons. The van der Waals surface area contributed by atoms with Gasteiger partial charge in [-0.05, 0) is 95.5 Å². The second kappa shape index (κ2) is 8.35. The van der Waals surface area contributed by atoms with Gasteiger partial charge in [0.1, 0.15) is 0 Å².